The molecule has 0 amide bonds. The van der Waals surface area contributed by atoms with Crippen LogP contribution in [0.2, 0.25) is 0 Å². The predicted octanol–water partition coefficient (Wildman–Crippen LogP) is 1.20. The standard InChI is InChI=1S/C25H42O10/c26-13-18(14-32-20(27)11-9-16-5-1-2-6-16)34-25-24(31)23(30)22(29)19(35-25)15-33-21(28)12-10-17-7-3-4-8-17/h16-19,22-26,29-31H,1-15H2/t18?,19-,22+,23+,24-,25-/m1/s1. The zero-order chi connectivity index (χ0) is 25.2. The molecule has 3 rings (SSSR count). The fourth-order valence-electron chi connectivity index (χ4n) is 5.24. The van der Waals surface area contributed by atoms with Gasteiger partial charge in [0.1, 0.15) is 43.7 Å². The minimum Gasteiger partial charge on any atom is -0.463 e. The van der Waals surface area contributed by atoms with Gasteiger partial charge in [0.2, 0.25) is 0 Å². The average molecular weight is 503 g/mol. The summed E-state index contributed by atoms with van der Waals surface area (Å²) < 4.78 is 21.5. The average Bonchev–Trinajstić information content (AvgIpc) is 3.57. The number of esters is 2. The van der Waals surface area contributed by atoms with Gasteiger partial charge in [0, 0.05) is 12.8 Å². The van der Waals surface area contributed by atoms with Gasteiger partial charge in [0.25, 0.3) is 0 Å². The Hall–Kier alpha value is -1.30. The first kappa shape index (κ1) is 28.3. The Morgan fingerprint density at radius 1 is 0.800 bits per heavy atom. The monoisotopic (exact) mass is 502 g/mol. The van der Waals surface area contributed by atoms with Crippen LogP contribution < -0.4 is 0 Å². The van der Waals surface area contributed by atoms with E-state index < -0.39 is 49.4 Å². The summed E-state index contributed by atoms with van der Waals surface area (Å²) in [5.74, 6) is 0.298. The molecule has 0 spiro atoms. The van der Waals surface area contributed by atoms with E-state index in [9.17, 15) is 30.0 Å². The smallest absolute Gasteiger partial charge is 0.305 e. The van der Waals surface area contributed by atoms with E-state index >= 15 is 0 Å². The Bertz CT molecular complexity index is 644. The molecule has 2 saturated carbocycles. The van der Waals surface area contributed by atoms with Crippen molar-refractivity contribution in [3.63, 3.8) is 0 Å². The Morgan fingerprint density at radius 2 is 1.34 bits per heavy atom. The molecular formula is C25H42O10. The van der Waals surface area contributed by atoms with Crippen LogP contribution in [0.5, 0.6) is 0 Å². The van der Waals surface area contributed by atoms with Gasteiger partial charge >= 0.3 is 11.9 Å². The van der Waals surface area contributed by atoms with Gasteiger partial charge in [0.15, 0.2) is 6.29 Å². The Labute approximate surface area is 206 Å². The van der Waals surface area contributed by atoms with Crippen molar-refractivity contribution < 1.29 is 49.0 Å². The van der Waals surface area contributed by atoms with Gasteiger partial charge < -0.3 is 39.4 Å². The van der Waals surface area contributed by atoms with Gasteiger partial charge in [-0.2, -0.15) is 0 Å². The van der Waals surface area contributed by atoms with Crippen molar-refractivity contribution in [1.82, 2.24) is 0 Å². The molecule has 0 radical (unpaired) electrons. The topological polar surface area (TPSA) is 152 Å². The molecule has 6 atom stereocenters. The SMILES string of the molecule is O=C(CCC1CCCC1)OCC(CO)O[C@@H]1O[C@H](COC(=O)CCC2CCCC2)[C@H](O)[C@H](O)[C@H]1O. The molecular weight excluding hydrogens is 460 g/mol. The lowest BCUT2D eigenvalue weighted by Crippen LogP contribution is -2.60. The second-order valence-corrected chi connectivity index (χ2v) is 10.2. The first-order valence-corrected chi connectivity index (χ1v) is 13.1. The van der Waals surface area contributed by atoms with E-state index in [2.05, 4.69) is 0 Å². The first-order chi connectivity index (χ1) is 16.9. The number of carbonyl (C=O) groups excluding carboxylic acids is 2. The first-order valence-electron chi connectivity index (χ1n) is 13.1. The number of aliphatic hydroxyl groups is 4. The van der Waals surface area contributed by atoms with E-state index in [4.69, 9.17) is 18.9 Å². The predicted molar refractivity (Wildman–Crippen MR) is 123 cm³/mol. The Morgan fingerprint density at radius 3 is 1.89 bits per heavy atom. The molecule has 0 aromatic heterocycles. The van der Waals surface area contributed by atoms with Gasteiger partial charge in [0.05, 0.1) is 6.61 Å². The molecule has 1 unspecified atom stereocenters. The molecule has 35 heavy (non-hydrogen) atoms. The third-order valence-electron chi connectivity index (χ3n) is 7.50. The van der Waals surface area contributed by atoms with Gasteiger partial charge in [-0.05, 0) is 24.7 Å². The zero-order valence-electron chi connectivity index (χ0n) is 20.5. The van der Waals surface area contributed by atoms with Crippen LogP contribution in [-0.2, 0) is 28.5 Å². The maximum absolute atomic E-state index is 12.1. The van der Waals surface area contributed by atoms with Crippen LogP contribution >= 0.6 is 0 Å². The summed E-state index contributed by atoms with van der Waals surface area (Å²) in [6.45, 7) is -1.07. The molecule has 2 aliphatic carbocycles. The number of hydrogen-bond acceptors (Lipinski definition) is 10. The van der Waals surface area contributed by atoms with Crippen LogP contribution in [0, 0.1) is 11.8 Å². The van der Waals surface area contributed by atoms with Crippen LogP contribution in [0.1, 0.15) is 77.0 Å². The molecule has 4 N–H and O–H groups in total. The number of hydrogen-bond donors (Lipinski definition) is 4. The highest BCUT2D eigenvalue weighted by Gasteiger charge is 2.45. The van der Waals surface area contributed by atoms with Crippen LogP contribution in [0.3, 0.4) is 0 Å². The van der Waals surface area contributed by atoms with Crippen molar-refractivity contribution >= 4 is 11.9 Å². The summed E-state index contributed by atoms with van der Waals surface area (Å²) in [6, 6.07) is 0. The third-order valence-corrected chi connectivity index (χ3v) is 7.50. The van der Waals surface area contributed by atoms with Gasteiger partial charge in [-0.3, -0.25) is 9.59 Å². The lowest BCUT2D eigenvalue weighted by Gasteiger charge is -2.40. The molecule has 0 bridgehead atoms. The Kier molecular flexibility index (Phi) is 11.7. The summed E-state index contributed by atoms with van der Waals surface area (Å²) in [5.41, 5.74) is 0. The third kappa shape index (κ3) is 8.94. The number of aliphatic hydroxyl groups excluding tert-OH is 4. The maximum Gasteiger partial charge on any atom is 0.305 e. The maximum atomic E-state index is 12.1. The summed E-state index contributed by atoms with van der Waals surface area (Å²) in [5, 5.41) is 40.4. The normalized spacial score (nSPS) is 30.9. The number of carbonyl (C=O) groups is 2. The molecule has 1 saturated heterocycles. The van der Waals surface area contributed by atoms with Crippen molar-refractivity contribution in [3.8, 4) is 0 Å². The van der Waals surface area contributed by atoms with Gasteiger partial charge in [-0.25, -0.2) is 0 Å². The van der Waals surface area contributed by atoms with Crippen LogP contribution in [0.4, 0.5) is 0 Å². The minimum absolute atomic E-state index is 0.244. The molecule has 10 nitrogen and oxygen atoms in total. The molecule has 1 aliphatic heterocycles. The number of rotatable bonds is 13. The molecule has 3 fully saturated rings. The van der Waals surface area contributed by atoms with E-state index in [1.165, 1.54) is 25.7 Å². The van der Waals surface area contributed by atoms with Crippen LogP contribution in [-0.4, -0.2) is 89.0 Å². The van der Waals surface area contributed by atoms with Crippen molar-refractivity contribution in [2.24, 2.45) is 11.8 Å². The molecule has 0 aromatic carbocycles. The van der Waals surface area contributed by atoms with Crippen molar-refractivity contribution in [1.29, 1.82) is 0 Å². The molecule has 202 valence electrons. The fraction of sp³-hybridized carbons (Fsp3) is 0.920. The summed E-state index contributed by atoms with van der Waals surface area (Å²) in [7, 11) is 0. The quantitative estimate of drug-likeness (QED) is 0.270. The zero-order valence-corrected chi connectivity index (χ0v) is 20.5. The second kappa shape index (κ2) is 14.4. The minimum atomic E-state index is -1.61. The van der Waals surface area contributed by atoms with E-state index in [1.54, 1.807) is 0 Å². The van der Waals surface area contributed by atoms with Crippen molar-refractivity contribution in [2.45, 2.75) is 114 Å². The molecule has 0 aromatic rings. The summed E-state index contributed by atoms with van der Waals surface area (Å²) in [4.78, 5) is 24.2. The van der Waals surface area contributed by atoms with E-state index in [-0.39, 0.29) is 25.6 Å². The van der Waals surface area contributed by atoms with Crippen molar-refractivity contribution in [2.75, 3.05) is 19.8 Å². The van der Waals surface area contributed by atoms with E-state index in [0.29, 0.717) is 18.3 Å². The molecule has 1 heterocycles. The summed E-state index contributed by atoms with van der Waals surface area (Å²) in [6.07, 6.45) is 3.18. The summed E-state index contributed by atoms with van der Waals surface area (Å²) >= 11 is 0. The lowest BCUT2D eigenvalue weighted by molar-refractivity contribution is -0.315. The second-order valence-electron chi connectivity index (χ2n) is 10.2. The van der Waals surface area contributed by atoms with Crippen LogP contribution in [0.25, 0.3) is 0 Å². The molecule has 3 aliphatic rings. The highest BCUT2D eigenvalue weighted by atomic mass is 16.7. The fourth-order valence-corrected chi connectivity index (χ4v) is 5.24. The molecule has 10 heteroatoms. The van der Waals surface area contributed by atoms with E-state index in [0.717, 1.165) is 38.5 Å². The highest BCUT2D eigenvalue weighted by molar-refractivity contribution is 5.69. The number of ether oxygens (including phenoxy) is 4. The van der Waals surface area contributed by atoms with E-state index in [1.807, 2.05) is 0 Å². The highest BCUT2D eigenvalue weighted by Crippen LogP contribution is 2.30. The largest absolute Gasteiger partial charge is 0.463 e. The lowest BCUT2D eigenvalue weighted by atomic mass is 9.99. The van der Waals surface area contributed by atoms with Crippen LogP contribution in [0.15, 0.2) is 0 Å². The Balaban J connectivity index is 1.41. The van der Waals surface area contributed by atoms with Gasteiger partial charge in [-0.1, -0.05) is 51.4 Å². The van der Waals surface area contributed by atoms with Crippen molar-refractivity contribution in [3.05, 3.63) is 0 Å². The van der Waals surface area contributed by atoms with Gasteiger partial charge in [-0.15, -0.1) is 0 Å².